The summed E-state index contributed by atoms with van der Waals surface area (Å²) in [7, 11) is 0. The molecule has 0 radical (unpaired) electrons. The monoisotopic (exact) mass is 412 g/mol. The Kier molecular flexibility index (Phi) is 5.14. The van der Waals surface area contributed by atoms with Gasteiger partial charge in [-0.05, 0) is 24.3 Å². The van der Waals surface area contributed by atoms with Crippen molar-refractivity contribution in [2.75, 3.05) is 5.75 Å². The number of thioether (sulfide) groups is 1. The maximum absolute atomic E-state index is 12.2. The van der Waals surface area contributed by atoms with Crippen molar-refractivity contribution in [1.82, 2.24) is 19.6 Å². The Balaban J connectivity index is 1.58. The zero-order valence-electron chi connectivity index (χ0n) is 14.3. The van der Waals surface area contributed by atoms with E-state index in [4.69, 9.17) is 16.3 Å². The lowest BCUT2D eigenvalue weighted by molar-refractivity contribution is -0.131. The van der Waals surface area contributed by atoms with Crippen molar-refractivity contribution in [1.29, 1.82) is 0 Å². The highest BCUT2D eigenvalue weighted by molar-refractivity contribution is 7.99. The van der Waals surface area contributed by atoms with E-state index in [-0.39, 0.29) is 11.3 Å². The molecule has 0 saturated carbocycles. The van der Waals surface area contributed by atoms with Gasteiger partial charge in [-0.25, -0.2) is 14.5 Å². The minimum atomic E-state index is -0.449. The van der Waals surface area contributed by atoms with Crippen molar-refractivity contribution < 1.29 is 9.53 Å². The van der Waals surface area contributed by atoms with Crippen LogP contribution in [-0.2, 0) is 4.79 Å². The molecule has 0 aliphatic heterocycles. The maximum atomic E-state index is 12.2. The lowest BCUT2D eigenvalue weighted by Crippen LogP contribution is -2.12. The van der Waals surface area contributed by atoms with Gasteiger partial charge in [0, 0.05) is 16.7 Å². The van der Waals surface area contributed by atoms with Gasteiger partial charge in [0.05, 0.1) is 5.75 Å². The van der Waals surface area contributed by atoms with Gasteiger partial charge < -0.3 is 4.74 Å². The summed E-state index contributed by atoms with van der Waals surface area (Å²) in [6, 6.07) is 17.3. The predicted molar refractivity (Wildman–Crippen MR) is 107 cm³/mol. The van der Waals surface area contributed by atoms with E-state index in [1.54, 1.807) is 24.3 Å². The molecule has 1 N–H and O–H groups in total. The highest BCUT2D eigenvalue weighted by Gasteiger charge is 2.14. The van der Waals surface area contributed by atoms with Gasteiger partial charge >= 0.3 is 5.97 Å². The van der Waals surface area contributed by atoms with Crippen molar-refractivity contribution in [3.05, 3.63) is 76.0 Å². The molecule has 0 amide bonds. The molecule has 0 atom stereocenters. The summed E-state index contributed by atoms with van der Waals surface area (Å²) >= 11 is 6.97. The number of nitrogens with zero attached hydrogens (tertiary/aromatic N) is 3. The summed E-state index contributed by atoms with van der Waals surface area (Å²) in [5.74, 6) is 0.425. The fourth-order valence-corrected chi connectivity index (χ4v) is 3.34. The van der Waals surface area contributed by atoms with E-state index < -0.39 is 5.97 Å². The van der Waals surface area contributed by atoms with Gasteiger partial charge in [-0.15, -0.1) is 0 Å². The molecule has 140 valence electrons. The fraction of sp³-hybridized carbons (Fsp3) is 0.0526. The van der Waals surface area contributed by atoms with E-state index in [0.29, 0.717) is 27.4 Å². The van der Waals surface area contributed by atoms with Gasteiger partial charge in [0.25, 0.3) is 5.56 Å². The molecule has 4 aromatic rings. The second kappa shape index (κ2) is 7.87. The highest BCUT2D eigenvalue weighted by atomic mass is 35.5. The lowest BCUT2D eigenvalue weighted by Gasteiger charge is -2.07. The number of nitrogens with one attached hydrogen (secondary N) is 1. The third-order valence-electron chi connectivity index (χ3n) is 3.72. The van der Waals surface area contributed by atoms with Crippen molar-refractivity contribution in [2.24, 2.45) is 0 Å². The van der Waals surface area contributed by atoms with Crippen LogP contribution < -0.4 is 10.3 Å². The quantitative estimate of drug-likeness (QED) is 0.307. The van der Waals surface area contributed by atoms with Crippen LogP contribution in [0.5, 0.6) is 5.75 Å². The Hall–Kier alpha value is -3.10. The van der Waals surface area contributed by atoms with E-state index >= 15 is 0 Å². The molecule has 2 aromatic heterocycles. The fourth-order valence-electron chi connectivity index (χ4n) is 2.48. The molecule has 0 saturated heterocycles. The van der Waals surface area contributed by atoms with E-state index in [1.165, 1.54) is 10.6 Å². The van der Waals surface area contributed by atoms with Crippen LogP contribution in [-0.4, -0.2) is 31.3 Å². The lowest BCUT2D eigenvalue weighted by atomic mass is 10.2. The number of aromatic amines is 1. The second-order valence-electron chi connectivity index (χ2n) is 5.73. The summed E-state index contributed by atoms with van der Waals surface area (Å²) in [6.45, 7) is 0. The average Bonchev–Trinajstić information content (AvgIpc) is 3.09. The van der Waals surface area contributed by atoms with E-state index in [1.807, 2.05) is 30.3 Å². The normalized spacial score (nSPS) is 10.9. The van der Waals surface area contributed by atoms with E-state index in [9.17, 15) is 9.59 Å². The van der Waals surface area contributed by atoms with Crippen LogP contribution in [0, 0.1) is 0 Å². The molecule has 2 aromatic carbocycles. The topological polar surface area (TPSA) is 89.4 Å². The number of rotatable bonds is 5. The molecule has 2 heterocycles. The van der Waals surface area contributed by atoms with Gasteiger partial charge in [0.2, 0.25) is 0 Å². The van der Waals surface area contributed by atoms with Crippen LogP contribution in [0.2, 0.25) is 5.02 Å². The van der Waals surface area contributed by atoms with Crippen LogP contribution in [0.4, 0.5) is 0 Å². The number of hydrogen-bond donors (Lipinski definition) is 1. The van der Waals surface area contributed by atoms with Crippen molar-refractivity contribution in [3.63, 3.8) is 0 Å². The molecule has 0 unspecified atom stereocenters. The number of hydrogen-bond acceptors (Lipinski definition) is 6. The summed E-state index contributed by atoms with van der Waals surface area (Å²) in [4.78, 5) is 32.8. The van der Waals surface area contributed by atoms with Crippen molar-refractivity contribution in [3.8, 4) is 17.1 Å². The number of ether oxygens (including phenoxy) is 1. The first kappa shape index (κ1) is 18.3. The summed E-state index contributed by atoms with van der Waals surface area (Å²) in [5.41, 5.74) is 0.932. The summed E-state index contributed by atoms with van der Waals surface area (Å²) in [6.07, 6.45) is 0. The van der Waals surface area contributed by atoms with Gasteiger partial charge in [0.15, 0.2) is 16.6 Å². The van der Waals surface area contributed by atoms with Crippen LogP contribution in [0.1, 0.15) is 0 Å². The molecule has 0 aliphatic carbocycles. The smallest absolute Gasteiger partial charge is 0.321 e. The Morgan fingerprint density at radius 3 is 2.61 bits per heavy atom. The maximum Gasteiger partial charge on any atom is 0.321 e. The van der Waals surface area contributed by atoms with E-state index in [2.05, 4.69) is 15.1 Å². The Morgan fingerprint density at radius 1 is 1.11 bits per heavy atom. The Bertz CT molecular complexity index is 1190. The molecular weight excluding hydrogens is 400 g/mol. The van der Waals surface area contributed by atoms with E-state index in [0.717, 1.165) is 17.3 Å². The molecule has 0 fully saturated rings. The van der Waals surface area contributed by atoms with Crippen LogP contribution in [0.25, 0.3) is 17.0 Å². The first-order chi connectivity index (χ1) is 13.6. The number of carbonyl (C=O) groups is 1. The van der Waals surface area contributed by atoms with Gasteiger partial charge in [-0.3, -0.25) is 14.7 Å². The van der Waals surface area contributed by atoms with Gasteiger partial charge in [0.1, 0.15) is 5.75 Å². The third-order valence-corrected chi connectivity index (χ3v) is 4.89. The highest BCUT2D eigenvalue weighted by Crippen LogP contribution is 2.22. The molecule has 0 bridgehead atoms. The molecule has 28 heavy (non-hydrogen) atoms. The first-order valence-corrected chi connectivity index (χ1v) is 9.59. The molecular formula is C19H13ClN4O3S. The number of esters is 1. The molecule has 0 spiro atoms. The minimum absolute atomic E-state index is 0.00315. The minimum Gasteiger partial charge on any atom is -0.426 e. The van der Waals surface area contributed by atoms with Crippen LogP contribution in [0.15, 0.2) is 70.6 Å². The van der Waals surface area contributed by atoms with Crippen LogP contribution >= 0.6 is 23.4 Å². The van der Waals surface area contributed by atoms with Crippen molar-refractivity contribution >= 4 is 35.0 Å². The van der Waals surface area contributed by atoms with Crippen molar-refractivity contribution in [2.45, 2.75) is 5.16 Å². The zero-order chi connectivity index (χ0) is 19.5. The average molecular weight is 413 g/mol. The SMILES string of the molecule is O=C(CSc1nc(-c2ccccc2)nc2cc(=O)[nH]n12)Oc1ccc(Cl)cc1. The molecule has 4 rings (SSSR count). The van der Waals surface area contributed by atoms with Gasteiger partial charge in [-0.1, -0.05) is 53.7 Å². The Labute approximate surface area is 168 Å². The standard InChI is InChI=1S/C19H13ClN4O3S/c20-13-6-8-14(9-7-13)27-17(26)11-28-19-22-18(12-4-2-1-3-5-12)21-15-10-16(25)23-24(15)19/h1-10H,11H2,(H,23,25). The number of halogens is 1. The molecule has 9 heteroatoms. The molecule has 0 aliphatic rings. The zero-order valence-corrected chi connectivity index (χ0v) is 15.9. The number of fused-ring (bicyclic) bond motifs is 1. The number of H-pyrrole nitrogens is 1. The Morgan fingerprint density at radius 2 is 1.86 bits per heavy atom. The molecule has 7 nitrogen and oxygen atoms in total. The van der Waals surface area contributed by atoms with Crippen LogP contribution in [0.3, 0.4) is 0 Å². The summed E-state index contributed by atoms with van der Waals surface area (Å²) < 4.78 is 6.73. The number of aromatic nitrogens is 4. The largest absolute Gasteiger partial charge is 0.426 e. The first-order valence-electron chi connectivity index (χ1n) is 8.23. The summed E-state index contributed by atoms with van der Waals surface area (Å²) in [5, 5.41) is 3.62. The predicted octanol–water partition coefficient (Wildman–Crippen LogP) is 3.44. The van der Waals surface area contributed by atoms with Gasteiger partial charge in [-0.2, -0.15) is 0 Å². The third kappa shape index (κ3) is 4.08. The second-order valence-corrected chi connectivity index (χ2v) is 7.11. The number of carbonyl (C=O) groups excluding carboxylic acids is 1. The number of benzene rings is 2.